The van der Waals surface area contributed by atoms with E-state index in [2.05, 4.69) is 5.32 Å². The van der Waals surface area contributed by atoms with Crippen LogP contribution in [0.2, 0.25) is 0 Å². The van der Waals surface area contributed by atoms with E-state index in [0.29, 0.717) is 12.1 Å². The van der Waals surface area contributed by atoms with Crippen molar-refractivity contribution in [2.24, 2.45) is 0 Å². The Morgan fingerprint density at radius 1 is 1.53 bits per heavy atom. The lowest BCUT2D eigenvalue weighted by Crippen LogP contribution is -2.31. The van der Waals surface area contributed by atoms with E-state index in [4.69, 9.17) is 5.11 Å². The molecule has 0 bridgehead atoms. The van der Waals surface area contributed by atoms with Crippen LogP contribution in [-0.4, -0.2) is 22.7 Å². The Bertz CT molecular complexity index is 389. The molecule has 0 aliphatic carbocycles. The molecule has 0 spiro atoms. The van der Waals surface area contributed by atoms with Crippen molar-refractivity contribution in [3.05, 3.63) is 39.4 Å². The molecular weight excluding hydrogens is 220 g/mol. The number of aryl methyl sites for hydroxylation is 1. The number of nitro benzene ring substituents is 1. The average Bonchev–Trinajstić information content (AvgIpc) is 2.32. The smallest absolute Gasteiger partial charge is 0.272 e. The van der Waals surface area contributed by atoms with Crippen LogP contribution in [0.4, 0.5) is 5.69 Å². The van der Waals surface area contributed by atoms with Crippen molar-refractivity contribution in [3.8, 4) is 0 Å². The van der Waals surface area contributed by atoms with Crippen molar-refractivity contribution < 1.29 is 10.0 Å². The number of nitrogens with one attached hydrogen (secondary N) is 1. The second-order valence-electron chi connectivity index (χ2n) is 4.05. The molecule has 1 atom stereocenters. The molecule has 0 aliphatic rings. The lowest BCUT2D eigenvalue weighted by Gasteiger charge is -2.13. The highest BCUT2D eigenvalue weighted by Gasteiger charge is 2.11. The van der Waals surface area contributed by atoms with E-state index < -0.39 is 0 Å². The highest BCUT2D eigenvalue weighted by atomic mass is 16.6. The zero-order valence-corrected chi connectivity index (χ0v) is 10.1. The van der Waals surface area contributed by atoms with E-state index in [-0.39, 0.29) is 23.3 Å². The van der Waals surface area contributed by atoms with E-state index in [1.54, 1.807) is 19.1 Å². The van der Waals surface area contributed by atoms with Gasteiger partial charge in [0.1, 0.15) is 0 Å². The number of aliphatic hydroxyl groups excluding tert-OH is 1. The summed E-state index contributed by atoms with van der Waals surface area (Å²) in [6.07, 6.45) is 0.824. The molecule has 2 N–H and O–H groups in total. The van der Waals surface area contributed by atoms with Gasteiger partial charge in [-0.15, -0.1) is 0 Å². The second kappa shape index (κ2) is 6.32. The van der Waals surface area contributed by atoms with E-state index in [1.165, 1.54) is 0 Å². The van der Waals surface area contributed by atoms with Gasteiger partial charge in [-0.05, 0) is 18.9 Å². The molecule has 5 heteroatoms. The third-order valence-corrected chi connectivity index (χ3v) is 2.78. The van der Waals surface area contributed by atoms with Crippen LogP contribution in [0.25, 0.3) is 0 Å². The number of rotatable bonds is 6. The third-order valence-electron chi connectivity index (χ3n) is 2.78. The number of benzene rings is 1. The summed E-state index contributed by atoms with van der Waals surface area (Å²) < 4.78 is 0. The Hall–Kier alpha value is -1.46. The van der Waals surface area contributed by atoms with Crippen LogP contribution >= 0.6 is 0 Å². The first kappa shape index (κ1) is 13.6. The molecule has 0 heterocycles. The summed E-state index contributed by atoms with van der Waals surface area (Å²) in [4.78, 5) is 10.4. The number of aliphatic hydroxyl groups is 1. The summed E-state index contributed by atoms with van der Waals surface area (Å²) in [6.45, 7) is 4.30. The highest BCUT2D eigenvalue weighted by Crippen LogP contribution is 2.19. The summed E-state index contributed by atoms with van der Waals surface area (Å²) in [6, 6.07) is 5.22. The van der Waals surface area contributed by atoms with Gasteiger partial charge in [-0.25, -0.2) is 0 Å². The summed E-state index contributed by atoms with van der Waals surface area (Å²) in [5.41, 5.74) is 1.66. The zero-order chi connectivity index (χ0) is 12.8. The fourth-order valence-electron chi connectivity index (χ4n) is 1.56. The van der Waals surface area contributed by atoms with Gasteiger partial charge in [0.05, 0.1) is 11.5 Å². The Morgan fingerprint density at radius 3 is 2.76 bits per heavy atom. The minimum atomic E-state index is -0.373. The van der Waals surface area contributed by atoms with Crippen molar-refractivity contribution in [2.75, 3.05) is 6.61 Å². The standard InChI is InChI=1S/C12H18N2O3/c1-3-11(8-15)13-7-10-5-4-9(2)12(6-10)14(16)17/h4-6,11,13,15H,3,7-8H2,1-2H3. The Labute approximate surface area is 101 Å². The molecule has 0 radical (unpaired) electrons. The van der Waals surface area contributed by atoms with Crippen molar-refractivity contribution in [1.29, 1.82) is 0 Å². The maximum Gasteiger partial charge on any atom is 0.272 e. The van der Waals surface area contributed by atoms with Crippen molar-refractivity contribution in [1.82, 2.24) is 5.32 Å². The number of nitro groups is 1. The molecule has 1 aromatic carbocycles. The van der Waals surface area contributed by atoms with Crippen LogP contribution in [0.3, 0.4) is 0 Å². The topological polar surface area (TPSA) is 75.4 Å². The summed E-state index contributed by atoms with van der Waals surface area (Å²) in [5.74, 6) is 0. The number of hydrogen-bond acceptors (Lipinski definition) is 4. The minimum absolute atomic E-state index is 0.0374. The zero-order valence-electron chi connectivity index (χ0n) is 10.1. The van der Waals surface area contributed by atoms with Gasteiger partial charge in [0.25, 0.3) is 5.69 Å². The first-order valence-corrected chi connectivity index (χ1v) is 5.66. The largest absolute Gasteiger partial charge is 0.395 e. The van der Waals surface area contributed by atoms with Gasteiger partial charge in [0.2, 0.25) is 0 Å². The van der Waals surface area contributed by atoms with Crippen molar-refractivity contribution in [2.45, 2.75) is 32.9 Å². The van der Waals surface area contributed by atoms with Gasteiger partial charge in [0.15, 0.2) is 0 Å². The fourth-order valence-corrected chi connectivity index (χ4v) is 1.56. The van der Waals surface area contributed by atoms with Gasteiger partial charge in [-0.2, -0.15) is 0 Å². The molecule has 17 heavy (non-hydrogen) atoms. The lowest BCUT2D eigenvalue weighted by atomic mass is 10.1. The van der Waals surface area contributed by atoms with Crippen LogP contribution in [0.5, 0.6) is 0 Å². The van der Waals surface area contributed by atoms with Gasteiger partial charge in [-0.3, -0.25) is 10.1 Å². The molecule has 1 rings (SSSR count). The predicted octanol–water partition coefficient (Wildman–Crippen LogP) is 1.76. The van der Waals surface area contributed by atoms with Gasteiger partial charge in [-0.1, -0.05) is 19.1 Å². The Kier molecular flexibility index (Phi) is 5.06. The fraction of sp³-hybridized carbons (Fsp3) is 0.500. The van der Waals surface area contributed by atoms with Gasteiger partial charge < -0.3 is 10.4 Å². The summed E-state index contributed by atoms with van der Waals surface area (Å²) in [5, 5.41) is 22.9. The molecule has 0 amide bonds. The molecule has 0 fully saturated rings. The van der Waals surface area contributed by atoms with Crippen molar-refractivity contribution >= 4 is 5.69 Å². The maximum atomic E-state index is 10.8. The van der Waals surface area contributed by atoms with Gasteiger partial charge in [0, 0.05) is 24.2 Å². The van der Waals surface area contributed by atoms with Crippen LogP contribution in [0.15, 0.2) is 18.2 Å². The lowest BCUT2D eigenvalue weighted by molar-refractivity contribution is -0.385. The van der Waals surface area contributed by atoms with Crippen LogP contribution in [0.1, 0.15) is 24.5 Å². The Morgan fingerprint density at radius 2 is 2.24 bits per heavy atom. The van der Waals surface area contributed by atoms with Gasteiger partial charge >= 0.3 is 0 Å². The molecule has 0 saturated carbocycles. The molecule has 1 aromatic rings. The van der Waals surface area contributed by atoms with Crippen molar-refractivity contribution in [3.63, 3.8) is 0 Å². The summed E-state index contributed by atoms with van der Waals surface area (Å²) in [7, 11) is 0. The maximum absolute atomic E-state index is 10.8. The number of nitrogens with zero attached hydrogens (tertiary/aromatic N) is 1. The molecule has 0 saturated heterocycles. The van der Waals surface area contributed by atoms with Crippen LogP contribution in [0, 0.1) is 17.0 Å². The van der Waals surface area contributed by atoms with E-state index in [9.17, 15) is 10.1 Å². The average molecular weight is 238 g/mol. The third kappa shape index (κ3) is 3.80. The monoisotopic (exact) mass is 238 g/mol. The first-order chi connectivity index (χ1) is 8.08. The molecular formula is C12H18N2O3. The summed E-state index contributed by atoms with van der Waals surface area (Å²) >= 11 is 0. The normalized spacial score (nSPS) is 12.4. The van der Waals surface area contributed by atoms with E-state index >= 15 is 0 Å². The molecule has 0 aromatic heterocycles. The van der Waals surface area contributed by atoms with Crippen LogP contribution in [-0.2, 0) is 6.54 Å². The molecule has 94 valence electrons. The highest BCUT2D eigenvalue weighted by molar-refractivity contribution is 5.42. The Balaban J connectivity index is 2.72. The van der Waals surface area contributed by atoms with E-state index in [0.717, 1.165) is 12.0 Å². The second-order valence-corrected chi connectivity index (χ2v) is 4.05. The molecule has 5 nitrogen and oxygen atoms in total. The SMILES string of the molecule is CCC(CO)NCc1ccc(C)c([N+](=O)[O-])c1. The van der Waals surface area contributed by atoms with Crippen LogP contribution < -0.4 is 5.32 Å². The molecule has 0 aliphatic heterocycles. The number of hydrogen-bond donors (Lipinski definition) is 2. The minimum Gasteiger partial charge on any atom is -0.395 e. The predicted molar refractivity (Wildman–Crippen MR) is 65.8 cm³/mol. The molecule has 1 unspecified atom stereocenters. The quantitative estimate of drug-likeness (QED) is 0.585. The van der Waals surface area contributed by atoms with E-state index in [1.807, 2.05) is 13.0 Å². The first-order valence-electron chi connectivity index (χ1n) is 5.66.